The summed E-state index contributed by atoms with van der Waals surface area (Å²) in [5, 5.41) is 10.9. The van der Waals surface area contributed by atoms with E-state index in [9.17, 15) is 24.5 Å². The molecule has 9 nitrogen and oxygen atoms in total. The summed E-state index contributed by atoms with van der Waals surface area (Å²) in [4.78, 5) is 48.3. The first-order chi connectivity index (χ1) is 15.4. The normalized spacial score (nSPS) is 11.8. The van der Waals surface area contributed by atoms with Crippen molar-refractivity contribution in [2.45, 2.75) is 12.6 Å². The fraction of sp³-hybridized carbons (Fsp3) is 0.0870. The summed E-state index contributed by atoms with van der Waals surface area (Å²) in [6.45, 7) is -0.533. The van der Waals surface area contributed by atoms with Gasteiger partial charge in [0.05, 0.1) is 16.5 Å². The molecule has 4 rings (SSSR count). The van der Waals surface area contributed by atoms with Crippen LogP contribution in [-0.4, -0.2) is 21.2 Å². The van der Waals surface area contributed by atoms with Crippen molar-refractivity contribution in [3.63, 3.8) is 0 Å². The SMILES string of the molecule is O=C(Cn1c(=O)oc2cc([N+](=O)[O-])ccc21)OC(C(=O)c1ccccc1)c1ccccc1. The third kappa shape index (κ3) is 4.17. The van der Waals surface area contributed by atoms with Gasteiger partial charge in [0, 0.05) is 17.2 Å². The summed E-state index contributed by atoms with van der Waals surface area (Å²) in [6, 6.07) is 20.6. The molecule has 1 atom stereocenters. The van der Waals surface area contributed by atoms with E-state index < -0.39 is 35.1 Å². The number of oxazole rings is 1. The van der Waals surface area contributed by atoms with E-state index >= 15 is 0 Å². The molecule has 0 aliphatic rings. The summed E-state index contributed by atoms with van der Waals surface area (Å²) in [5.41, 5.74) is 0.765. The highest BCUT2D eigenvalue weighted by molar-refractivity contribution is 6.01. The summed E-state index contributed by atoms with van der Waals surface area (Å²) in [7, 11) is 0. The second-order valence-corrected chi connectivity index (χ2v) is 6.87. The Morgan fingerprint density at radius 3 is 2.31 bits per heavy atom. The van der Waals surface area contributed by atoms with Gasteiger partial charge >= 0.3 is 11.7 Å². The van der Waals surface area contributed by atoms with Crippen molar-refractivity contribution in [3.8, 4) is 0 Å². The maximum atomic E-state index is 13.0. The van der Waals surface area contributed by atoms with Crippen LogP contribution < -0.4 is 5.76 Å². The van der Waals surface area contributed by atoms with Crippen molar-refractivity contribution in [2.24, 2.45) is 0 Å². The number of nitrogens with zero attached hydrogens (tertiary/aromatic N) is 2. The number of non-ortho nitro benzene ring substituents is 1. The van der Waals surface area contributed by atoms with Crippen molar-refractivity contribution in [1.82, 2.24) is 4.57 Å². The molecule has 9 heteroatoms. The van der Waals surface area contributed by atoms with Gasteiger partial charge in [0.25, 0.3) is 5.69 Å². The fourth-order valence-corrected chi connectivity index (χ4v) is 3.27. The number of Topliss-reactive ketones (excluding diaryl/α,β-unsaturated/α-hetero) is 1. The van der Waals surface area contributed by atoms with E-state index in [1.165, 1.54) is 12.1 Å². The maximum Gasteiger partial charge on any atom is 0.420 e. The third-order valence-corrected chi connectivity index (χ3v) is 4.80. The van der Waals surface area contributed by atoms with Crippen molar-refractivity contribution in [1.29, 1.82) is 0 Å². The van der Waals surface area contributed by atoms with Crippen molar-refractivity contribution < 1.29 is 23.7 Å². The largest absolute Gasteiger partial charge is 0.448 e. The van der Waals surface area contributed by atoms with Gasteiger partial charge < -0.3 is 9.15 Å². The minimum absolute atomic E-state index is 0.0306. The number of esters is 1. The molecule has 0 spiro atoms. The van der Waals surface area contributed by atoms with Crippen molar-refractivity contribution in [3.05, 3.63) is 111 Å². The molecule has 1 heterocycles. The Bertz CT molecular complexity index is 1360. The monoisotopic (exact) mass is 432 g/mol. The first-order valence-electron chi connectivity index (χ1n) is 9.55. The zero-order chi connectivity index (χ0) is 22.7. The number of carbonyl (C=O) groups is 2. The number of benzene rings is 3. The number of nitro benzene ring substituents is 1. The van der Waals surface area contributed by atoms with Crippen LogP contribution in [0.4, 0.5) is 5.69 Å². The van der Waals surface area contributed by atoms with Crippen LogP contribution in [0.15, 0.2) is 88.1 Å². The average molecular weight is 432 g/mol. The van der Waals surface area contributed by atoms with Crippen molar-refractivity contribution in [2.75, 3.05) is 0 Å². The lowest BCUT2D eigenvalue weighted by molar-refractivity contribution is -0.384. The molecule has 0 radical (unpaired) electrons. The highest BCUT2D eigenvalue weighted by Crippen LogP contribution is 2.24. The summed E-state index contributed by atoms with van der Waals surface area (Å²) < 4.78 is 11.5. The number of rotatable bonds is 7. The molecule has 3 aromatic carbocycles. The molecule has 0 aliphatic heterocycles. The fourth-order valence-electron chi connectivity index (χ4n) is 3.27. The molecular formula is C23H16N2O7. The topological polar surface area (TPSA) is 122 Å². The van der Waals surface area contributed by atoms with E-state index in [1.54, 1.807) is 60.7 Å². The van der Waals surface area contributed by atoms with Crippen LogP contribution in [0.2, 0.25) is 0 Å². The third-order valence-electron chi connectivity index (χ3n) is 4.80. The molecule has 32 heavy (non-hydrogen) atoms. The standard InChI is InChI=1S/C23H16N2O7/c26-20(14-24-18-12-11-17(25(29)30)13-19(18)31-23(24)28)32-22(16-9-5-2-6-10-16)21(27)15-7-3-1-4-8-15/h1-13,22H,14H2. The van der Waals surface area contributed by atoms with Crippen molar-refractivity contribution >= 4 is 28.5 Å². The minimum atomic E-state index is -1.21. The number of hydrogen-bond donors (Lipinski definition) is 0. The number of carbonyl (C=O) groups excluding carboxylic acids is 2. The van der Waals surface area contributed by atoms with Crippen LogP contribution in [0.1, 0.15) is 22.0 Å². The molecule has 4 aromatic rings. The van der Waals surface area contributed by atoms with Gasteiger partial charge in [0.1, 0.15) is 6.54 Å². The van der Waals surface area contributed by atoms with Gasteiger partial charge in [-0.3, -0.25) is 24.3 Å². The van der Waals surface area contributed by atoms with E-state index in [2.05, 4.69) is 0 Å². The Balaban J connectivity index is 1.62. The number of hydrogen-bond acceptors (Lipinski definition) is 7. The lowest BCUT2D eigenvalue weighted by atomic mass is 10.00. The van der Waals surface area contributed by atoms with Gasteiger partial charge in [0.15, 0.2) is 11.7 Å². The number of ether oxygens (including phenoxy) is 1. The molecule has 0 saturated heterocycles. The number of nitro groups is 1. The molecule has 0 amide bonds. The number of aromatic nitrogens is 1. The lowest BCUT2D eigenvalue weighted by Crippen LogP contribution is -2.26. The lowest BCUT2D eigenvalue weighted by Gasteiger charge is -2.17. The second-order valence-electron chi connectivity index (χ2n) is 6.87. The average Bonchev–Trinajstić information content (AvgIpc) is 3.12. The second kappa shape index (κ2) is 8.68. The van der Waals surface area contributed by atoms with Crippen LogP contribution in [0.25, 0.3) is 11.1 Å². The Morgan fingerprint density at radius 1 is 1.00 bits per heavy atom. The minimum Gasteiger partial charge on any atom is -0.448 e. The van der Waals surface area contributed by atoms with Crippen LogP contribution in [0, 0.1) is 10.1 Å². The first kappa shape index (κ1) is 20.7. The van der Waals surface area contributed by atoms with E-state index in [4.69, 9.17) is 9.15 Å². The zero-order valence-electron chi connectivity index (χ0n) is 16.5. The molecule has 0 bridgehead atoms. The zero-order valence-corrected chi connectivity index (χ0v) is 16.5. The van der Waals surface area contributed by atoms with Crippen LogP contribution in [0.5, 0.6) is 0 Å². The summed E-state index contributed by atoms with van der Waals surface area (Å²) in [5.74, 6) is -2.13. The predicted molar refractivity (Wildman–Crippen MR) is 113 cm³/mol. The van der Waals surface area contributed by atoms with Crippen LogP contribution >= 0.6 is 0 Å². The molecule has 0 fully saturated rings. The van der Waals surface area contributed by atoms with Crippen LogP contribution in [0.3, 0.4) is 0 Å². The van der Waals surface area contributed by atoms with Gasteiger partial charge in [-0.05, 0) is 6.07 Å². The summed E-state index contributed by atoms with van der Waals surface area (Å²) in [6.07, 6.45) is -1.21. The highest BCUT2D eigenvalue weighted by Gasteiger charge is 2.27. The summed E-state index contributed by atoms with van der Waals surface area (Å²) >= 11 is 0. The molecule has 1 aromatic heterocycles. The van der Waals surface area contributed by atoms with E-state index in [1.807, 2.05) is 0 Å². The van der Waals surface area contributed by atoms with E-state index in [0.29, 0.717) is 11.1 Å². The van der Waals surface area contributed by atoms with Crippen LogP contribution in [-0.2, 0) is 16.1 Å². The molecule has 1 unspecified atom stereocenters. The molecule has 0 saturated carbocycles. The Hall–Kier alpha value is -4.53. The number of fused-ring (bicyclic) bond motifs is 1. The molecular weight excluding hydrogens is 416 g/mol. The Morgan fingerprint density at radius 2 is 1.66 bits per heavy atom. The van der Waals surface area contributed by atoms with Gasteiger partial charge in [-0.1, -0.05) is 60.7 Å². The highest BCUT2D eigenvalue weighted by atomic mass is 16.6. The van der Waals surface area contributed by atoms with E-state index in [-0.39, 0.29) is 16.8 Å². The first-order valence-corrected chi connectivity index (χ1v) is 9.55. The molecule has 160 valence electrons. The van der Waals surface area contributed by atoms with Gasteiger partial charge in [-0.25, -0.2) is 4.79 Å². The maximum absolute atomic E-state index is 13.0. The number of ketones is 1. The Labute approximate surface area is 180 Å². The van der Waals surface area contributed by atoms with E-state index in [0.717, 1.165) is 10.6 Å². The smallest absolute Gasteiger partial charge is 0.420 e. The Kier molecular flexibility index (Phi) is 5.63. The van der Waals surface area contributed by atoms with Gasteiger partial charge in [-0.15, -0.1) is 0 Å². The molecule has 0 N–H and O–H groups in total. The van der Waals surface area contributed by atoms with Gasteiger partial charge in [-0.2, -0.15) is 0 Å². The predicted octanol–water partition coefficient (Wildman–Crippen LogP) is 3.67. The van der Waals surface area contributed by atoms with Gasteiger partial charge in [0.2, 0.25) is 5.78 Å². The molecule has 0 aliphatic carbocycles. The quantitative estimate of drug-likeness (QED) is 0.189.